The average Bonchev–Trinajstić information content (AvgIpc) is 3.35. The van der Waals surface area contributed by atoms with Crippen LogP contribution in [-0.2, 0) is 18.3 Å². The third-order valence-electron chi connectivity index (χ3n) is 4.90. The molecule has 0 saturated heterocycles. The maximum absolute atomic E-state index is 11.9. The van der Waals surface area contributed by atoms with Crippen molar-refractivity contribution in [1.29, 1.82) is 0 Å². The highest BCUT2D eigenvalue weighted by atomic mass is 32.1. The highest BCUT2D eigenvalue weighted by Gasteiger charge is 2.48. The summed E-state index contributed by atoms with van der Waals surface area (Å²) in [6.07, 6.45) is 1.86. The summed E-state index contributed by atoms with van der Waals surface area (Å²) < 4.78 is 0. The smallest absolute Gasteiger partial charge is 0.258 e. The Labute approximate surface area is 168 Å². The molecule has 0 bridgehead atoms. The Hall–Kier alpha value is -2.63. The standard InChI is InChI=1S/C17H19N7O2S2/c1-7(18)6-17(16-21-23-24-22-16)12-8(4-10(27-12)14(19)25)2-3-9-5-11(15(20)26)28-13(9)17/h4-5,7H,2-3,6,18H2,1H3,(H2,19,25)(H2,20,26)(H,21,22,23,24)/t7-/m0/s1. The highest BCUT2D eigenvalue weighted by molar-refractivity contribution is 7.16. The fourth-order valence-electron chi connectivity index (χ4n) is 3.87. The summed E-state index contributed by atoms with van der Waals surface area (Å²) in [6, 6.07) is 3.46. The minimum Gasteiger partial charge on any atom is -0.365 e. The molecule has 0 saturated carbocycles. The Kier molecular flexibility index (Phi) is 4.52. The number of amides is 2. The van der Waals surface area contributed by atoms with Crippen LogP contribution in [0.25, 0.3) is 0 Å². The van der Waals surface area contributed by atoms with Crippen molar-refractivity contribution in [3.8, 4) is 0 Å². The quantitative estimate of drug-likeness (QED) is 0.476. The van der Waals surface area contributed by atoms with Crippen molar-refractivity contribution in [1.82, 2.24) is 20.6 Å². The molecule has 11 heteroatoms. The summed E-state index contributed by atoms with van der Waals surface area (Å²) in [5, 5.41) is 14.9. The normalized spacial score (nSPS) is 16.1. The number of carbonyl (C=O) groups is 2. The number of hydrogen-bond acceptors (Lipinski definition) is 8. The van der Waals surface area contributed by atoms with Crippen molar-refractivity contribution in [3.63, 3.8) is 0 Å². The first-order chi connectivity index (χ1) is 13.3. The Morgan fingerprint density at radius 3 is 2.07 bits per heavy atom. The number of rotatable bonds is 5. The van der Waals surface area contributed by atoms with Crippen molar-refractivity contribution in [2.75, 3.05) is 0 Å². The van der Waals surface area contributed by atoms with E-state index in [4.69, 9.17) is 17.2 Å². The van der Waals surface area contributed by atoms with Gasteiger partial charge < -0.3 is 17.2 Å². The van der Waals surface area contributed by atoms with Crippen molar-refractivity contribution in [2.24, 2.45) is 17.2 Å². The van der Waals surface area contributed by atoms with E-state index in [1.165, 1.54) is 22.7 Å². The zero-order valence-corrected chi connectivity index (χ0v) is 16.7. The van der Waals surface area contributed by atoms with E-state index in [2.05, 4.69) is 20.6 Å². The number of aromatic amines is 1. The molecule has 3 aromatic rings. The number of nitrogens with zero attached hydrogens (tertiary/aromatic N) is 3. The lowest BCUT2D eigenvalue weighted by Gasteiger charge is -2.31. The van der Waals surface area contributed by atoms with Crippen molar-refractivity contribution < 1.29 is 9.59 Å². The largest absolute Gasteiger partial charge is 0.365 e. The molecule has 28 heavy (non-hydrogen) atoms. The minimum absolute atomic E-state index is 0.212. The van der Waals surface area contributed by atoms with Crippen LogP contribution in [0, 0.1) is 0 Å². The van der Waals surface area contributed by atoms with Crippen molar-refractivity contribution in [2.45, 2.75) is 37.6 Å². The van der Waals surface area contributed by atoms with Crippen LogP contribution < -0.4 is 17.2 Å². The first kappa shape index (κ1) is 18.7. The molecule has 1 aliphatic carbocycles. The SMILES string of the molecule is C[C@H](N)CC1(c2nn[nH]n2)c2sc(C(N)=O)cc2CCc2cc(C(N)=O)sc21. The number of nitrogens with one attached hydrogen (secondary N) is 1. The van der Waals surface area contributed by atoms with Gasteiger partial charge in [-0.1, -0.05) is 5.21 Å². The lowest BCUT2D eigenvalue weighted by molar-refractivity contribution is 0.0995. The van der Waals surface area contributed by atoms with E-state index < -0.39 is 17.2 Å². The molecule has 0 aromatic carbocycles. The van der Waals surface area contributed by atoms with Crippen LogP contribution in [0.15, 0.2) is 12.1 Å². The summed E-state index contributed by atoms with van der Waals surface area (Å²) in [7, 11) is 0. The van der Waals surface area contributed by atoms with Crippen LogP contribution in [0.2, 0.25) is 0 Å². The monoisotopic (exact) mass is 417 g/mol. The molecule has 3 aromatic heterocycles. The van der Waals surface area contributed by atoms with Crippen LogP contribution >= 0.6 is 22.7 Å². The number of hydrogen-bond donors (Lipinski definition) is 4. The molecule has 9 nitrogen and oxygen atoms in total. The third kappa shape index (κ3) is 2.82. The average molecular weight is 418 g/mol. The van der Waals surface area contributed by atoms with Gasteiger partial charge in [-0.2, -0.15) is 5.21 Å². The predicted octanol–water partition coefficient (Wildman–Crippen LogP) is 0.691. The zero-order chi connectivity index (χ0) is 20.1. The predicted molar refractivity (Wildman–Crippen MR) is 105 cm³/mol. The fraction of sp³-hybridized carbons (Fsp3) is 0.353. The van der Waals surface area contributed by atoms with Gasteiger partial charge in [0.15, 0.2) is 5.82 Å². The molecule has 1 aliphatic rings. The maximum Gasteiger partial charge on any atom is 0.258 e. The van der Waals surface area contributed by atoms with Gasteiger partial charge in [0.25, 0.3) is 11.8 Å². The van der Waals surface area contributed by atoms with E-state index in [1.54, 1.807) is 0 Å². The number of thiophene rings is 2. The number of nitrogens with two attached hydrogens (primary N) is 3. The van der Waals surface area contributed by atoms with Gasteiger partial charge in [0.1, 0.15) is 5.41 Å². The molecule has 1 atom stereocenters. The first-order valence-corrected chi connectivity index (χ1v) is 10.3. The molecule has 0 aliphatic heterocycles. The van der Waals surface area contributed by atoms with Gasteiger partial charge in [-0.25, -0.2) is 0 Å². The summed E-state index contributed by atoms with van der Waals surface area (Å²) in [4.78, 5) is 26.5. The Balaban J connectivity index is 2.08. The lowest BCUT2D eigenvalue weighted by Crippen LogP contribution is -2.36. The van der Waals surface area contributed by atoms with Crippen LogP contribution in [0.1, 0.15) is 59.4 Å². The van der Waals surface area contributed by atoms with Crippen LogP contribution in [0.5, 0.6) is 0 Å². The molecule has 2 amide bonds. The summed E-state index contributed by atoms with van der Waals surface area (Å²) in [5.41, 5.74) is 18.5. The second-order valence-corrected chi connectivity index (χ2v) is 9.09. The number of fused-ring (bicyclic) bond motifs is 2. The van der Waals surface area contributed by atoms with Gasteiger partial charge in [-0.05, 0) is 49.4 Å². The van der Waals surface area contributed by atoms with E-state index in [0.29, 0.717) is 34.8 Å². The van der Waals surface area contributed by atoms with E-state index in [1.807, 2.05) is 19.1 Å². The fourth-order valence-corrected chi connectivity index (χ4v) is 6.47. The minimum atomic E-state index is -0.834. The van der Waals surface area contributed by atoms with E-state index in [9.17, 15) is 9.59 Å². The van der Waals surface area contributed by atoms with Crippen LogP contribution in [0.4, 0.5) is 0 Å². The maximum atomic E-state index is 11.9. The van der Waals surface area contributed by atoms with E-state index in [0.717, 1.165) is 20.9 Å². The Morgan fingerprint density at radius 2 is 1.68 bits per heavy atom. The number of H-pyrrole nitrogens is 1. The molecule has 0 unspecified atom stereocenters. The molecule has 0 fully saturated rings. The molecular weight excluding hydrogens is 398 g/mol. The summed E-state index contributed by atoms with van der Waals surface area (Å²) in [6.45, 7) is 1.90. The summed E-state index contributed by atoms with van der Waals surface area (Å²) >= 11 is 2.65. The summed E-state index contributed by atoms with van der Waals surface area (Å²) in [5.74, 6) is -0.514. The third-order valence-corrected chi connectivity index (χ3v) is 7.61. The number of tetrazole rings is 1. The Bertz CT molecular complexity index is 992. The molecule has 0 radical (unpaired) electrons. The molecule has 4 rings (SSSR count). The topological polar surface area (TPSA) is 167 Å². The molecule has 146 valence electrons. The highest BCUT2D eigenvalue weighted by Crippen LogP contribution is 2.51. The second-order valence-electron chi connectivity index (χ2n) is 6.98. The van der Waals surface area contributed by atoms with Gasteiger partial charge in [-0.3, -0.25) is 9.59 Å². The number of aromatic nitrogens is 4. The zero-order valence-electron chi connectivity index (χ0n) is 15.1. The number of carbonyl (C=O) groups excluding carboxylic acids is 2. The van der Waals surface area contributed by atoms with E-state index in [-0.39, 0.29) is 6.04 Å². The van der Waals surface area contributed by atoms with Gasteiger partial charge >= 0.3 is 0 Å². The van der Waals surface area contributed by atoms with Gasteiger partial charge in [0.2, 0.25) is 0 Å². The van der Waals surface area contributed by atoms with Crippen molar-refractivity contribution in [3.05, 3.63) is 48.6 Å². The van der Waals surface area contributed by atoms with Gasteiger partial charge in [0, 0.05) is 15.8 Å². The first-order valence-electron chi connectivity index (χ1n) is 8.68. The molecular formula is C17H19N7O2S2. The number of aryl methyl sites for hydroxylation is 2. The van der Waals surface area contributed by atoms with Gasteiger partial charge in [0.05, 0.1) is 9.75 Å². The lowest BCUT2D eigenvalue weighted by atomic mass is 9.76. The van der Waals surface area contributed by atoms with E-state index >= 15 is 0 Å². The van der Waals surface area contributed by atoms with Gasteiger partial charge in [-0.15, -0.1) is 32.9 Å². The van der Waals surface area contributed by atoms with Crippen LogP contribution in [0.3, 0.4) is 0 Å². The molecule has 7 N–H and O–H groups in total. The Morgan fingerprint density at radius 1 is 1.14 bits per heavy atom. The van der Waals surface area contributed by atoms with Crippen LogP contribution in [-0.4, -0.2) is 38.5 Å². The second kappa shape index (κ2) is 6.76. The molecule has 0 spiro atoms. The van der Waals surface area contributed by atoms with Crippen molar-refractivity contribution >= 4 is 34.5 Å². The number of primary amides is 2. The molecule has 3 heterocycles.